The Bertz CT molecular complexity index is 1760. The number of anilines is 1. The highest BCUT2D eigenvalue weighted by Gasteiger charge is 2.15. The molecule has 1 aliphatic rings. The first-order valence-electron chi connectivity index (χ1n) is 12.5. The van der Waals surface area contributed by atoms with Gasteiger partial charge < -0.3 is 13.7 Å². The molecule has 7 nitrogen and oxygen atoms in total. The molecule has 0 radical (unpaired) electrons. The largest absolute Gasteiger partial charge is 0.418 e. The van der Waals surface area contributed by atoms with Gasteiger partial charge in [0, 0.05) is 24.2 Å². The van der Waals surface area contributed by atoms with Crippen molar-refractivity contribution in [3.05, 3.63) is 89.6 Å². The fourth-order valence-electron chi connectivity index (χ4n) is 4.39. The number of halogens is 3. The lowest BCUT2D eigenvalue weighted by Crippen LogP contribution is -2.29. The molecule has 39 heavy (non-hydrogen) atoms. The molecule has 0 N–H and O–H groups in total. The number of oxazole rings is 2. The molecule has 0 atom stereocenters. The minimum absolute atomic E-state index is 0.304. The molecule has 0 bridgehead atoms. The molecule has 196 valence electrons. The molecule has 0 spiro atoms. The van der Waals surface area contributed by atoms with Crippen LogP contribution in [-0.4, -0.2) is 33.0 Å². The van der Waals surface area contributed by atoms with Crippen LogP contribution in [0, 0.1) is 11.6 Å². The highest BCUT2D eigenvalue weighted by molar-refractivity contribution is 6.29. The lowest BCUT2D eigenvalue weighted by atomic mass is 10.1. The minimum Gasteiger partial charge on any atom is -0.418 e. The fraction of sp³-hybridized carbons (Fsp3) is 0.172. The summed E-state index contributed by atoms with van der Waals surface area (Å²) < 4.78 is 37.5. The molecular weight excluding hydrogens is 524 g/mol. The molecule has 6 aromatic rings. The Balaban J connectivity index is 0.000000147. The van der Waals surface area contributed by atoms with Gasteiger partial charge in [0.05, 0.1) is 0 Å². The molecule has 1 aliphatic heterocycles. The molecule has 10 heteroatoms. The van der Waals surface area contributed by atoms with E-state index in [1.54, 1.807) is 36.4 Å². The van der Waals surface area contributed by atoms with Crippen molar-refractivity contribution in [2.24, 2.45) is 0 Å². The average molecular weight is 546 g/mol. The smallest absolute Gasteiger partial charge is 0.249 e. The first-order chi connectivity index (χ1) is 19.0. The maximum absolute atomic E-state index is 13.3. The first kappa shape index (κ1) is 24.9. The quantitative estimate of drug-likeness (QED) is 0.211. The second-order valence-corrected chi connectivity index (χ2v) is 9.45. The molecule has 0 aliphatic carbocycles. The summed E-state index contributed by atoms with van der Waals surface area (Å²) in [5.74, 6) is 1.01. The SMILES string of the molecule is Fc1cccc(-c2nc3ccc(Cl)nc3o2)c1.Fc1cccc(-c2nc3ccc(N4CCCCC4)nc3o2)c1. The molecule has 1 fully saturated rings. The number of piperidine rings is 1. The standard InChI is InChI=1S/C17H16FN3O.C12H6ClFN2O/c18-13-6-4-5-12(11-13)16-19-14-7-8-15(20-17(14)22-16)21-9-2-1-3-10-21;13-10-5-4-9-12(16-10)17-11(15-9)7-2-1-3-8(14)6-7/h4-8,11H,1-3,9-10H2;1-6H. The second-order valence-electron chi connectivity index (χ2n) is 9.06. The van der Waals surface area contributed by atoms with Crippen LogP contribution < -0.4 is 4.90 Å². The Morgan fingerprint density at radius 3 is 1.79 bits per heavy atom. The molecule has 7 rings (SSSR count). The van der Waals surface area contributed by atoms with E-state index in [-0.39, 0.29) is 11.6 Å². The second kappa shape index (κ2) is 10.8. The molecule has 5 heterocycles. The predicted molar refractivity (Wildman–Crippen MR) is 145 cm³/mol. The highest BCUT2D eigenvalue weighted by atomic mass is 35.5. The van der Waals surface area contributed by atoms with E-state index in [2.05, 4.69) is 24.8 Å². The number of pyridine rings is 2. The van der Waals surface area contributed by atoms with Gasteiger partial charge in [0.15, 0.2) is 0 Å². The van der Waals surface area contributed by atoms with Gasteiger partial charge in [-0.2, -0.15) is 9.97 Å². The third-order valence-corrected chi connectivity index (χ3v) is 6.50. The molecule has 2 aromatic carbocycles. The van der Waals surface area contributed by atoms with E-state index in [1.807, 2.05) is 12.1 Å². The van der Waals surface area contributed by atoms with E-state index >= 15 is 0 Å². The van der Waals surface area contributed by atoms with Gasteiger partial charge in [0.2, 0.25) is 23.2 Å². The summed E-state index contributed by atoms with van der Waals surface area (Å²) in [6.07, 6.45) is 3.68. The van der Waals surface area contributed by atoms with Crippen LogP contribution in [0.5, 0.6) is 0 Å². The van der Waals surface area contributed by atoms with Gasteiger partial charge in [0.25, 0.3) is 0 Å². The molecule has 0 unspecified atom stereocenters. The third-order valence-electron chi connectivity index (χ3n) is 6.29. The Kier molecular flexibility index (Phi) is 6.89. The number of aromatic nitrogens is 4. The lowest BCUT2D eigenvalue weighted by molar-refractivity contribution is 0.569. The van der Waals surface area contributed by atoms with Gasteiger partial charge in [-0.15, -0.1) is 0 Å². The van der Waals surface area contributed by atoms with Crippen LogP contribution in [0.3, 0.4) is 0 Å². The Labute approximate surface area is 227 Å². The van der Waals surface area contributed by atoms with Crippen LogP contribution >= 0.6 is 11.6 Å². The third kappa shape index (κ3) is 5.58. The number of fused-ring (bicyclic) bond motifs is 2. The summed E-state index contributed by atoms with van der Waals surface area (Å²) in [6.45, 7) is 2.06. The minimum atomic E-state index is -0.337. The Morgan fingerprint density at radius 1 is 0.641 bits per heavy atom. The Hall–Kier alpha value is -4.37. The fourth-order valence-corrected chi connectivity index (χ4v) is 4.53. The van der Waals surface area contributed by atoms with Gasteiger partial charge in [-0.25, -0.2) is 18.7 Å². The van der Waals surface area contributed by atoms with E-state index in [1.165, 1.54) is 43.5 Å². The summed E-state index contributed by atoms with van der Waals surface area (Å²) in [5, 5.41) is 0.333. The number of rotatable bonds is 3. The van der Waals surface area contributed by atoms with Crippen LogP contribution in [-0.2, 0) is 0 Å². The summed E-state index contributed by atoms with van der Waals surface area (Å²) in [4.78, 5) is 19.4. The van der Waals surface area contributed by atoms with Crippen molar-refractivity contribution in [2.45, 2.75) is 19.3 Å². The van der Waals surface area contributed by atoms with E-state index in [9.17, 15) is 8.78 Å². The number of nitrogens with zero attached hydrogens (tertiary/aromatic N) is 5. The lowest BCUT2D eigenvalue weighted by Gasteiger charge is -2.27. The summed E-state index contributed by atoms with van der Waals surface area (Å²) in [6, 6.07) is 19.5. The van der Waals surface area contributed by atoms with Crippen LogP contribution in [0.25, 0.3) is 45.4 Å². The molecular formula is C29H22ClF2N5O2. The van der Waals surface area contributed by atoms with Crippen molar-refractivity contribution in [3.8, 4) is 22.9 Å². The first-order valence-corrected chi connectivity index (χ1v) is 12.9. The zero-order valence-corrected chi connectivity index (χ0v) is 21.4. The number of benzene rings is 2. The van der Waals surface area contributed by atoms with Crippen molar-refractivity contribution in [3.63, 3.8) is 0 Å². The van der Waals surface area contributed by atoms with E-state index in [4.69, 9.17) is 20.4 Å². The van der Waals surface area contributed by atoms with Crippen LogP contribution in [0.15, 0.2) is 81.6 Å². The van der Waals surface area contributed by atoms with E-state index < -0.39 is 0 Å². The molecule has 4 aromatic heterocycles. The van der Waals surface area contributed by atoms with Gasteiger partial charge in [-0.3, -0.25) is 0 Å². The van der Waals surface area contributed by atoms with Crippen LogP contribution in [0.4, 0.5) is 14.6 Å². The maximum Gasteiger partial charge on any atom is 0.249 e. The summed E-state index contributed by atoms with van der Waals surface area (Å²) in [5.41, 5.74) is 3.32. The van der Waals surface area contributed by atoms with E-state index in [0.717, 1.165) is 18.9 Å². The van der Waals surface area contributed by atoms with Crippen LogP contribution in [0.2, 0.25) is 5.15 Å². The summed E-state index contributed by atoms with van der Waals surface area (Å²) in [7, 11) is 0. The summed E-state index contributed by atoms with van der Waals surface area (Å²) >= 11 is 5.74. The Morgan fingerprint density at radius 2 is 1.21 bits per heavy atom. The van der Waals surface area contributed by atoms with Crippen molar-refractivity contribution in [1.29, 1.82) is 0 Å². The maximum atomic E-state index is 13.3. The van der Waals surface area contributed by atoms with Gasteiger partial charge >= 0.3 is 0 Å². The predicted octanol–water partition coefficient (Wildman–Crippen LogP) is 7.70. The highest BCUT2D eigenvalue weighted by Crippen LogP contribution is 2.27. The molecule has 1 saturated heterocycles. The zero-order chi connectivity index (χ0) is 26.8. The average Bonchev–Trinajstić information content (AvgIpc) is 3.58. The topological polar surface area (TPSA) is 81.1 Å². The van der Waals surface area contributed by atoms with Crippen molar-refractivity contribution < 1.29 is 17.6 Å². The normalized spacial score (nSPS) is 13.5. The van der Waals surface area contributed by atoms with Crippen molar-refractivity contribution in [1.82, 2.24) is 19.9 Å². The monoisotopic (exact) mass is 545 g/mol. The van der Waals surface area contributed by atoms with Crippen molar-refractivity contribution in [2.75, 3.05) is 18.0 Å². The van der Waals surface area contributed by atoms with Crippen LogP contribution in [0.1, 0.15) is 19.3 Å². The molecule has 0 amide bonds. The number of hydrogen-bond acceptors (Lipinski definition) is 7. The van der Waals surface area contributed by atoms with Gasteiger partial charge in [0.1, 0.15) is 33.6 Å². The van der Waals surface area contributed by atoms with Gasteiger partial charge in [-0.1, -0.05) is 23.7 Å². The number of hydrogen-bond donors (Lipinski definition) is 0. The van der Waals surface area contributed by atoms with Crippen molar-refractivity contribution >= 4 is 39.9 Å². The molecule has 0 saturated carbocycles. The van der Waals surface area contributed by atoms with E-state index in [0.29, 0.717) is 50.5 Å². The van der Waals surface area contributed by atoms with Gasteiger partial charge in [-0.05, 0) is 79.9 Å². The zero-order valence-electron chi connectivity index (χ0n) is 20.7.